The molecule has 2 nitrogen and oxygen atoms in total. The number of nitrogens with two attached hydrogens (primary N) is 1. The van der Waals surface area contributed by atoms with Gasteiger partial charge >= 0.3 is 0 Å². The summed E-state index contributed by atoms with van der Waals surface area (Å²) in [5, 5.41) is 0. The second-order valence-electron chi connectivity index (χ2n) is 2.58. The van der Waals surface area contributed by atoms with Gasteiger partial charge in [0.25, 0.3) is 0 Å². The summed E-state index contributed by atoms with van der Waals surface area (Å²) in [5.74, 6) is 0. The lowest BCUT2D eigenvalue weighted by Crippen LogP contribution is -2.16. The van der Waals surface area contributed by atoms with Crippen molar-refractivity contribution in [1.82, 2.24) is 0 Å². The summed E-state index contributed by atoms with van der Waals surface area (Å²) in [5.41, 5.74) is 5.24. The van der Waals surface area contributed by atoms with E-state index >= 15 is 0 Å². The smallest absolute Gasteiger partial charge is 0.0989 e. The summed E-state index contributed by atoms with van der Waals surface area (Å²) in [7, 11) is 0. The molecule has 3 heteroatoms. The fraction of sp³-hybridized carbons (Fsp3) is 0.875. The topological polar surface area (TPSA) is 35.2 Å². The van der Waals surface area contributed by atoms with E-state index in [0.29, 0.717) is 11.6 Å². The average Bonchev–Trinajstić information content (AvgIpc) is 1.96. The van der Waals surface area contributed by atoms with Crippen molar-refractivity contribution in [1.29, 1.82) is 0 Å². The summed E-state index contributed by atoms with van der Waals surface area (Å²) < 4.78 is 5.18. The van der Waals surface area contributed by atoms with Gasteiger partial charge in [-0.25, -0.2) is 0 Å². The van der Waals surface area contributed by atoms with E-state index in [9.17, 15) is 0 Å². The molecule has 66 valence electrons. The van der Waals surface area contributed by atoms with Gasteiger partial charge in [-0.05, 0) is 6.42 Å². The Labute approximate surface area is 74.1 Å². The van der Waals surface area contributed by atoms with Gasteiger partial charge in [0, 0.05) is 6.61 Å². The Hall–Kier alpha value is -0.150. The zero-order chi connectivity index (χ0) is 8.53. The zero-order valence-electron chi connectivity index (χ0n) is 7.14. The van der Waals surface area contributed by atoms with Gasteiger partial charge in [-0.3, -0.25) is 0 Å². The third kappa shape index (κ3) is 9.85. The Morgan fingerprint density at radius 3 is 2.64 bits per heavy atom. The minimum atomic E-state index is 0.432. The standard InChI is InChI=1S/C8H17NOS/c1-2-3-4-5-6-10-7-8(9)11/h2-7H2,1H3,(H2,9,11). The van der Waals surface area contributed by atoms with Gasteiger partial charge in [-0.1, -0.05) is 38.4 Å². The third-order valence-electron chi connectivity index (χ3n) is 1.39. The number of hydrogen-bond donors (Lipinski definition) is 1. The number of ether oxygens (including phenoxy) is 1. The Morgan fingerprint density at radius 2 is 2.09 bits per heavy atom. The zero-order valence-corrected chi connectivity index (χ0v) is 7.95. The molecule has 0 radical (unpaired) electrons. The monoisotopic (exact) mass is 175 g/mol. The van der Waals surface area contributed by atoms with Crippen LogP contribution in [0.5, 0.6) is 0 Å². The first kappa shape index (κ1) is 10.8. The molecule has 0 bridgehead atoms. The van der Waals surface area contributed by atoms with Gasteiger partial charge in [0.2, 0.25) is 0 Å². The van der Waals surface area contributed by atoms with Crippen LogP contribution >= 0.6 is 12.2 Å². The average molecular weight is 175 g/mol. The maximum atomic E-state index is 5.24. The molecule has 0 rings (SSSR count). The van der Waals surface area contributed by atoms with Crippen molar-refractivity contribution in [3.63, 3.8) is 0 Å². The van der Waals surface area contributed by atoms with Crippen molar-refractivity contribution in [2.24, 2.45) is 5.73 Å². The minimum Gasteiger partial charge on any atom is -0.391 e. The van der Waals surface area contributed by atoms with Crippen LogP contribution in [0.4, 0.5) is 0 Å². The Morgan fingerprint density at radius 1 is 1.36 bits per heavy atom. The van der Waals surface area contributed by atoms with Crippen molar-refractivity contribution in [2.75, 3.05) is 13.2 Å². The Balaban J connectivity index is 2.85. The van der Waals surface area contributed by atoms with Crippen LogP contribution in [0.3, 0.4) is 0 Å². The molecule has 0 saturated heterocycles. The van der Waals surface area contributed by atoms with E-state index in [1.54, 1.807) is 0 Å². The minimum absolute atomic E-state index is 0.432. The van der Waals surface area contributed by atoms with Gasteiger partial charge in [0.1, 0.15) is 0 Å². The SMILES string of the molecule is CCCCCCOCC(N)=S. The van der Waals surface area contributed by atoms with E-state index in [2.05, 4.69) is 19.1 Å². The summed E-state index contributed by atoms with van der Waals surface area (Å²) in [4.78, 5) is 0.445. The highest BCUT2D eigenvalue weighted by Gasteiger charge is 1.90. The highest BCUT2D eigenvalue weighted by molar-refractivity contribution is 7.80. The van der Waals surface area contributed by atoms with E-state index in [-0.39, 0.29) is 0 Å². The summed E-state index contributed by atoms with van der Waals surface area (Å²) in [6.45, 7) is 3.41. The molecule has 11 heavy (non-hydrogen) atoms. The quantitative estimate of drug-likeness (QED) is 0.474. The van der Waals surface area contributed by atoms with Crippen molar-refractivity contribution >= 4 is 17.2 Å². The number of unbranched alkanes of at least 4 members (excludes halogenated alkanes) is 3. The third-order valence-corrected chi connectivity index (χ3v) is 1.50. The van der Waals surface area contributed by atoms with Gasteiger partial charge < -0.3 is 10.5 Å². The van der Waals surface area contributed by atoms with Gasteiger partial charge in [0.05, 0.1) is 11.6 Å². The molecule has 0 heterocycles. The second kappa shape index (κ2) is 7.95. The maximum Gasteiger partial charge on any atom is 0.0989 e. The molecule has 0 fully saturated rings. The predicted molar refractivity (Wildman–Crippen MR) is 51.7 cm³/mol. The van der Waals surface area contributed by atoms with Crippen LogP contribution in [0.2, 0.25) is 0 Å². The molecule has 2 N–H and O–H groups in total. The van der Waals surface area contributed by atoms with Crippen LogP contribution in [0.15, 0.2) is 0 Å². The number of rotatable bonds is 7. The molecular formula is C8H17NOS. The maximum absolute atomic E-state index is 5.24. The first-order valence-electron chi connectivity index (χ1n) is 4.13. The molecule has 0 aromatic carbocycles. The molecule has 0 atom stereocenters. The van der Waals surface area contributed by atoms with Crippen molar-refractivity contribution in [3.8, 4) is 0 Å². The second-order valence-corrected chi connectivity index (χ2v) is 3.10. The lowest BCUT2D eigenvalue weighted by atomic mass is 10.2. The number of thiocarbonyl (C=S) groups is 1. The Bertz CT molecular complexity index is 106. The lowest BCUT2D eigenvalue weighted by Gasteiger charge is -2.01. The molecule has 0 saturated carbocycles. The molecular weight excluding hydrogens is 158 g/mol. The first-order chi connectivity index (χ1) is 5.27. The van der Waals surface area contributed by atoms with E-state index in [4.69, 9.17) is 10.5 Å². The highest BCUT2D eigenvalue weighted by Crippen LogP contribution is 1.98. The van der Waals surface area contributed by atoms with Crippen LogP contribution in [-0.2, 0) is 4.74 Å². The largest absolute Gasteiger partial charge is 0.391 e. The van der Waals surface area contributed by atoms with E-state index in [0.717, 1.165) is 13.0 Å². The molecule has 0 aromatic heterocycles. The van der Waals surface area contributed by atoms with Gasteiger partial charge in [-0.2, -0.15) is 0 Å². The summed E-state index contributed by atoms with van der Waals surface area (Å²) in [6.07, 6.45) is 4.91. The molecule has 0 aliphatic rings. The first-order valence-corrected chi connectivity index (χ1v) is 4.54. The van der Waals surface area contributed by atoms with E-state index in [1.165, 1.54) is 19.3 Å². The van der Waals surface area contributed by atoms with Gasteiger partial charge in [0.15, 0.2) is 0 Å². The summed E-state index contributed by atoms with van der Waals surface area (Å²) >= 11 is 4.65. The van der Waals surface area contributed by atoms with E-state index in [1.807, 2.05) is 0 Å². The Kier molecular flexibility index (Phi) is 7.84. The van der Waals surface area contributed by atoms with E-state index < -0.39 is 0 Å². The highest BCUT2D eigenvalue weighted by atomic mass is 32.1. The molecule has 0 aliphatic heterocycles. The summed E-state index contributed by atoms with van der Waals surface area (Å²) in [6, 6.07) is 0. The number of hydrogen-bond acceptors (Lipinski definition) is 2. The van der Waals surface area contributed by atoms with Crippen LogP contribution in [-0.4, -0.2) is 18.2 Å². The van der Waals surface area contributed by atoms with Crippen LogP contribution in [0.25, 0.3) is 0 Å². The van der Waals surface area contributed by atoms with Crippen LogP contribution in [0.1, 0.15) is 32.6 Å². The van der Waals surface area contributed by atoms with Crippen LogP contribution < -0.4 is 5.73 Å². The van der Waals surface area contributed by atoms with Crippen LogP contribution in [0, 0.1) is 0 Å². The molecule has 0 aromatic rings. The predicted octanol–water partition coefficient (Wildman–Crippen LogP) is 1.87. The molecule has 0 spiro atoms. The van der Waals surface area contributed by atoms with Crippen molar-refractivity contribution in [2.45, 2.75) is 32.6 Å². The molecule has 0 aliphatic carbocycles. The molecule has 0 unspecified atom stereocenters. The normalized spacial score (nSPS) is 9.91. The fourth-order valence-electron chi connectivity index (χ4n) is 0.804. The van der Waals surface area contributed by atoms with Gasteiger partial charge in [-0.15, -0.1) is 0 Å². The fourth-order valence-corrected chi connectivity index (χ4v) is 0.887. The van der Waals surface area contributed by atoms with Crippen molar-refractivity contribution in [3.05, 3.63) is 0 Å². The lowest BCUT2D eigenvalue weighted by molar-refractivity contribution is 0.167. The van der Waals surface area contributed by atoms with Crippen molar-refractivity contribution < 1.29 is 4.74 Å². The molecule has 0 amide bonds.